The monoisotopic (exact) mass is 353 g/mol. The standard InChI is InChI=1S/C16H27N5O2S/c1-4-17-15(20-10-14-18-8-11(3)24-14)19-9-13(12-6-7-12)21-16(22)23-5-2/h8,12-13H,4-7,9-10H2,1-3H3,(H,21,22)(H2,17,19,20). The lowest BCUT2D eigenvalue weighted by atomic mass is 10.2. The number of alkyl carbamates (subject to hydrolysis) is 1. The number of rotatable bonds is 8. The van der Waals surface area contributed by atoms with E-state index >= 15 is 0 Å². The molecule has 1 amide bonds. The van der Waals surface area contributed by atoms with E-state index in [0.29, 0.717) is 25.6 Å². The van der Waals surface area contributed by atoms with Gasteiger partial charge in [0.2, 0.25) is 0 Å². The lowest BCUT2D eigenvalue weighted by Crippen LogP contribution is -2.48. The van der Waals surface area contributed by atoms with Crippen LogP contribution in [-0.4, -0.2) is 42.8 Å². The zero-order valence-corrected chi connectivity index (χ0v) is 15.4. The molecular formula is C16H27N5O2S. The van der Waals surface area contributed by atoms with E-state index in [2.05, 4.69) is 25.9 Å². The van der Waals surface area contributed by atoms with Gasteiger partial charge >= 0.3 is 6.09 Å². The topological polar surface area (TPSA) is 87.6 Å². The Morgan fingerprint density at radius 2 is 2.25 bits per heavy atom. The fourth-order valence-corrected chi connectivity index (χ4v) is 3.04. The third kappa shape index (κ3) is 6.35. The molecule has 0 bridgehead atoms. The second-order valence-electron chi connectivity index (χ2n) is 5.75. The first-order chi connectivity index (χ1) is 11.6. The van der Waals surface area contributed by atoms with E-state index in [4.69, 9.17) is 4.74 Å². The summed E-state index contributed by atoms with van der Waals surface area (Å²) in [6.45, 7) is 8.21. The minimum absolute atomic E-state index is 0.0648. The quantitative estimate of drug-likeness (QED) is 0.492. The molecule has 0 spiro atoms. The van der Waals surface area contributed by atoms with Gasteiger partial charge in [0, 0.05) is 24.2 Å². The SMILES string of the molecule is CCNC(=NCc1ncc(C)s1)NCC(NC(=O)OCC)C1CC1. The van der Waals surface area contributed by atoms with E-state index in [-0.39, 0.29) is 12.1 Å². The first kappa shape index (κ1) is 18.5. The number of guanidine groups is 1. The third-order valence-corrected chi connectivity index (χ3v) is 4.54. The van der Waals surface area contributed by atoms with Crippen molar-refractivity contribution in [2.45, 2.75) is 46.2 Å². The van der Waals surface area contributed by atoms with Crippen LogP contribution in [0.2, 0.25) is 0 Å². The average molecular weight is 353 g/mol. The van der Waals surface area contributed by atoms with Gasteiger partial charge in [-0.15, -0.1) is 11.3 Å². The van der Waals surface area contributed by atoms with Crippen molar-refractivity contribution in [2.24, 2.45) is 10.9 Å². The number of aromatic nitrogens is 1. The maximum atomic E-state index is 11.7. The predicted molar refractivity (Wildman–Crippen MR) is 96.3 cm³/mol. The molecule has 0 aliphatic heterocycles. The highest BCUT2D eigenvalue weighted by Crippen LogP contribution is 2.32. The molecule has 7 nitrogen and oxygen atoms in total. The largest absolute Gasteiger partial charge is 0.450 e. The fraction of sp³-hybridized carbons (Fsp3) is 0.688. The molecule has 1 aliphatic carbocycles. The maximum absolute atomic E-state index is 11.7. The van der Waals surface area contributed by atoms with Gasteiger partial charge in [-0.2, -0.15) is 0 Å². The van der Waals surface area contributed by atoms with Gasteiger partial charge in [-0.3, -0.25) is 0 Å². The van der Waals surface area contributed by atoms with Crippen LogP contribution in [0.3, 0.4) is 0 Å². The highest BCUT2D eigenvalue weighted by molar-refractivity contribution is 7.11. The van der Waals surface area contributed by atoms with Crippen LogP contribution in [0.5, 0.6) is 0 Å². The Bertz CT molecular complexity index is 556. The van der Waals surface area contributed by atoms with Crippen LogP contribution < -0.4 is 16.0 Å². The lowest BCUT2D eigenvalue weighted by Gasteiger charge is -2.20. The molecule has 1 heterocycles. The predicted octanol–water partition coefficient (Wildman–Crippen LogP) is 2.03. The van der Waals surface area contributed by atoms with Gasteiger partial charge in [-0.1, -0.05) is 0 Å². The molecule has 3 N–H and O–H groups in total. The molecule has 0 radical (unpaired) electrons. The van der Waals surface area contributed by atoms with Crippen LogP contribution in [-0.2, 0) is 11.3 Å². The van der Waals surface area contributed by atoms with Crippen molar-refractivity contribution >= 4 is 23.4 Å². The second kappa shape index (κ2) is 9.46. The van der Waals surface area contributed by atoms with Crippen LogP contribution in [0.15, 0.2) is 11.2 Å². The first-order valence-corrected chi connectivity index (χ1v) is 9.30. The summed E-state index contributed by atoms with van der Waals surface area (Å²) in [6, 6.07) is 0.0648. The average Bonchev–Trinajstić information content (AvgIpc) is 3.31. The zero-order chi connectivity index (χ0) is 17.4. The van der Waals surface area contributed by atoms with Crippen LogP contribution in [0, 0.1) is 12.8 Å². The van der Waals surface area contributed by atoms with Gasteiger partial charge in [0.15, 0.2) is 5.96 Å². The Kier molecular flexibility index (Phi) is 7.30. The van der Waals surface area contributed by atoms with Gasteiger partial charge in [0.25, 0.3) is 0 Å². The van der Waals surface area contributed by atoms with Crippen LogP contribution >= 0.6 is 11.3 Å². The number of aryl methyl sites for hydroxylation is 1. The number of hydrogen-bond donors (Lipinski definition) is 3. The Morgan fingerprint density at radius 3 is 2.83 bits per heavy atom. The van der Waals surface area contributed by atoms with Crippen molar-refractivity contribution < 1.29 is 9.53 Å². The number of nitrogens with one attached hydrogen (secondary N) is 3. The highest BCUT2D eigenvalue weighted by atomic mass is 32.1. The van der Waals surface area contributed by atoms with Gasteiger partial charge in [0.05, 0.1) is 19.2 Å². The number of thiazole rings is 1. The van der Waals surface area contributed by atoms with E-state index in [9.17, 15) is 4.79 Å². The summed E-state index contributed by atoms with van der Waals surface area (Å²) in [4.78, 5) is 21.7. The van der Waals surface area contributed by atoms with E-state index in [0.717, 1.165) is 30.4 Å². The number of hydrogen-bond acceptors (Lipinski definition) is 5. The molecule has 1 aromatic rings. The minimum Gasteiger partial charge on any atom is -0.450 e. The molecular weight excluding hydrogens is 326 g/mol. The maximum Gasteiger partial charge on any atom is 0.407 e. The van der Waals surface area contributed by atoms with Crippen LogP contribution in [0.4, 0.5) is 4.79 Å². The Hall–Kier alpha value is -1.83. The molecule has 0 saturated heterocycles. The smallest absolute Gasteiger partial charge is 0.407 e. The van der Waals surface area contributed by atoms with Crippen molar-refractivity contribution in [2.75, 3.05) is 19.7 Å². The summed E-state index contributed by atoms with van der Waals surface area (Å²) in [6.07, 6.45) is 3.80. The van der Waals surface area contributed by atoms with Gasteiger partial charge < -0.3 is 20.7 Å². The molecule has 8 heteroatoms. The number of nitrogens with zero attached hydrogens (tertiary/aromatic N) is 2. The third-order valence-electron chi connectivity index (χ3n) is 3.64. The number of ether oxygens (including phenoxy) is 1. The summed E-state index contributed by atoms with van der Waals surface area (Å²) in [5.41, 5.74) is 0. The van der Waals surface area contributed by atoms with E-state index in [1.54, 1.807) is 18.3 Å². The highest BCUT2D eigenvalue weighted by Gasteiger charge is 2.32. The number of carbonyl (C=O) groups excluding carboxylic acids is 1. The Labute approximate surface area is 147 Å². The van der Waals surface area contributed by atoms with Crippen LogP contribution in [0.1, 0.15) is 36.6 Å². The summed E-state index contributed by atoms with van der Waals surface area (Å²) in [5.74, 6) is 1.26. The summed E-state index contributed by atoms with van der Waals surface area (Å²) >= 11 is 1.65. The van der Waals surface area contributed by atoms with E-state index in [1.807, 2.05) is 20.0 Å². The van der Waals surface area contributed by atoms with Gasteiger partial charge in [-0.05, 0) is 39.5 Å². The Balaban J connectivity index is 1.87. The van der Waals surface area contributed by atoms with Gasteiger partial charge in [0.1, 0.15) is 5.01 Å². The zero-order valence-electron chi connectivity index (χ0n) is 14.6. The normalized spacial score (nSPS) is 15.7. The van der Waals surface area contributed by atoms with Crippen molar-refractivity contribution in [1.29, 1.82) is 0 Å². The van der Waals surface area contributed by atoms with Crippen molar-refractivity contribution in [3.8, 4) is 0 Å². The number of aliphatic imine (C=N–C) groups is 1. The van der Waals surface area contributed by atoms with Crippen LogP contribution in [0.25, 0.3) is 0 Å². The molecule has 2 rings (SSSR count). The van der Waals surface area contributed by atoms with E-state index in [1.165, 1.54) is 4.88 Å². The lowest BCUT2D eigenvalue weighted by molar-refractivity contribution is 0.146. The summed E-state index contributed by atoms with van der Waals surface area (Å²) < 4.78 is 4.98. The Morgan fingerprint density at radius 1 is 1.46 bits per heavy atom. The molecule has 1 fully saturated rings. The minimum atomic E-state index is -0.351. The summed E-state index contributed by atoms with van der Waals surface area (Å²) in [5, 5.41) is 10.5. The number of amides is 1. The first-order valence-electron chi connectivity index (χ1n) is 8.49. The van der Waals surface area contributed by atoms with Gasteiger partial charge in [-0.25, -0.2) is 14.8 Å². The van der Waals surface area contributed by atoms with Crippen molar-refractivity contribution in [3.63, 3.8) is 0 Å². The molecule has 0 aromatic carbocycles. The molecule has 1 unspecified atom stereocenters. The molecule has 1 aromatic heterocycles. The van der Waals surface area contributed by atoms with E-state index < -0.39 is 0 Å². The molecule has 1 saturated carbocycles. The fourth-order valence-electron chi connectivity index (χ4n) is 2.33. The van der Waals surface area contributed by atoms with Crippen molar-refractivity contribution in [3.05, 3.63) is 16.1 Å². The molecule has 134 valence electrons. The molecule has 1 aliphatic rings. The second-order valence-corrected chi connectivity index (χ2v) is 7.07. The van der Waals surface area contributed by atoms with Crippen molar-refractivity contribution in [1.82, 2.24) is 20.9 Å². The number of carbonyl (C=O) groups is 1. The summed E-state index contributed by atoms with van der Waals surface area (Å²) in [7, 11) is 0. The molecule has 24 heavy (non-hydrogen) atoms. The molecule has 1 atom stereocenters.